The van der Waals surface area contributed by atoms with Crippen LogP contribution in [0.5, 0.6) is 0 Å². The van der Waals surface area contributed by atoms with Crippen LogP contribution in [0.2, 0.25) is 0 Å². The molecule has 0 aromatic heterocycles. The van der Waals surface area contributed by atoms with Crippen molar-refractivity contribution in [1.82, 2.24) is 5.32 Å². The second-order valence-electron chi connectivity index (χ2n) is 12.6. The molecular formula is C26H45NO8S. The van der Waals surface area contributed by atoms with Gasteiger partial charge >= 0.3 is 10.4 Å². The van der Waals surface area contributed by atoms with Crippen molar-refractivity contribution in [3.05, 3.63) is 0 Å². The Hall–Kier alpha value is -0.780. The van der Waals surface area contributed by atoms with Crippen LogP contribution in [-0.2, 0) is 19.4 Å². The van der Waals surface area contributed by atoms with Gasteiger partial charge < -0.3 is 20.6 Å². The number of nitrogens with one attached hydrogen (secondary N) is 1. The molecule has 0 aliphatic heterocycles. The minimum atomic E-state index is -4.51. The summed E-state index contributed by atoms with van der Waals surface area (Å²) in [4.78, 5) is 12.3. The van der Waals surface area contributed by atoms with Gasteiger partial charge in [-0.2, -0.15) is 8.42 Å². The molecule has 9 nitrogen and oxygen atoms in total. The third-order valence-corrected chi connectivity index (χ3v) is 11.5. The summed E-state index contributed by atoms with van der Waals surface area (Å²) in [7, 11) is -4.51. The fraction of sp³-hybridized carbons (Fsp3) is 0.962. The Morgan fingerprint density at radius 3 is 2.50 bits per heavy atom. The average molecular weight is 532 g/mol. The average Bonchev–Trinajstić information content (AvgIpc) is 3.15. The summed E-state index contributed by atoms with van der Waals surface area (Å²) in [5.74, 6) is 1.22. The van der Waals surface area contributed by atoms with Gasteiger partial charge in [0.05, 0.1) is 24.9 Å². The number of aliphatic hydroxyl groups excluding tert-OH is 3. The summed E-state index contributed by atoms with van der Waals surface area (Å²) in [6.45, 7) is 6.34. The number of aliphatic hydroxyl groups is 3. The van der Waals surface area contributed by atoms with Crippen LogP contribution in [0.4, 0.5) is 0 Å². The lowest BCUT2D eigenvalue weighted by Crippen LogP contribution is -2.62. The highest BCUT2D eigenvalue weighted by molar-refractivity contribution is 7.80. The van der Waals surface area contributed by atoms with Crippen LogP contribution in [0.15, 0.2) is 0 Å². The second kappa shape index (κ2) is 10.4. The largest absolute Gasteiger partial charge is 0.397 e. The molecule has 0 aromatic carbocycles. The van der Waals surface area contributed by atoms with E-state index in [0.29, 0.717) is 18.8 Å². The van der Waals surface area contributed by atoms with Crippen LogP contribution in [0.1, 0.15) is 78.6 Å². The minimum Gasteiger partial charge on any atom is -0.393 e. The van der Waals surface area contributed by atoms with Crippen molar-refractivity contribution >= 4 is 16.3 Å². The molecule has 0 spiro atoms. The summed E-state index contributed by atoms with van der Waals surface area (Å²) in [6, 6.07) is 0. The molecule has 1 amide bonds. The van der Waals surface area contributed by atoms with Gasteiger partial charge in [0.2, 0.25) is 5.91 Å². The fourth-order valence-corrected chi connectivity index (χ4v) is 9.41. The lowest BCUT2D eigenvalue weighted by molar-refractivity contribution is -0.207. The van der Waals surface area contributed by atoms with Crippen molar-refractivity contribution in [2.24, 2.45) is 46.3 Å². The van der Waals surface area contributed by atoms with Crippen molar-refractivity contribution in [3.63, 3.8) is 0 Å². The molecule has 2 unspecified atom stereocenters. The molecule has 4 saturated carbocycles. The first-order valence-corrected chi connectivity index (χ1v) is 15.1. The molecular weight excluding hydrogens is 486 g/mol. The number of carbonyl (C=O) groups excluding carboxylic acids is 1. The van der Waals surface area contributed by atoms with Gasteiger partial charge in [-0.1, -0.05) is 20.8 Å². The van der Waals surface area contributed by atoms with Gasteiger partial charge in [-0.3, -0.25) is 9.35 Å². The van der Waals surface area contributed by atoms with Crippen LogP contribution in [0.25, 0.3) is 0 Å². The third kappa shape index (κ3) is 5.23. The SMILES string of the molecule is C[C@H](CCC(=O)NCCOS(=O)(=O)O)[C@H]1CC[C@H]2C3C(O)C[C@@H]4C[C@H](O)CC[C@]4(C)[C@H]3C[C@H](O)[C@]12C. The van der Waals surface area contributed by atoms with E-state index in [0.717, 1.165) is 38.5 Å². The normalized spacial score (nSPS) is 45.3. The van der Waals surface area contributed by atoms with Crippen molar-refractivity contribution < 1.29 is 37.3 Å². The molecule has 208 valence electrons. The molecule has 10 heteroatoms. The maximum Gasteiger partial charge on any atom is 0.397 e. The van der Waals surface area contributed by atoms with Crippen molar-refractivity contribution in [1.29, 1.82) is 0 Å². The number of hydrogen-bond acceptors (Lipinski definition) is 7. The summed E-state index contributed by atoms with van der Waals surface area (Å²) >= 11 is 0. The predicted molar refractivity (Wildman–Crippen MR) is 133 cm³/mol. The van der Waals surface area contributed by atoms with E-state index in [1.165, 1.54) is 0 Å². The van der Waals surface area contributed by atoms with Gasteiger partial charge in [-0.25, -0.2) is 4.18 Å². The zero-order valence-corrected chi connectivity index (χ0v) is 22.6. The minimum absolute atomic E-state index is 0.00726. The van der Waals surface area contributed by atoms with Gasteiger partial charge in [-0.05, 0) is 97.7 Å². The van der Waals surface area contributed by atoms with Crippen LogP contribution in [0.3, 0.4) is 0 Å². The van der Waals surface area contributed by atoms with Gasteiger partial charge in [0.15, 0.2) is 0 Å². The molecule has 4 rings (SSSR count). The lowest BCUT2D eigenvalue weighted by atomic mass is 9.43. The number of hydrogen-bond donors (Lipinski definition) is 5. The van der Waals surface area contributed by atoms with E-state index in [9.17, 15) is 28.5 Å². The van der Waals surface area contributed by atoms with Crippen molar-refractivity contribution in [3.8, 4) is 0 Å². The van der Waals surface area contributed by atoms with E-state index in [-0.39, 0.29) is 72.0 Å². The van der Waals surface area contributed by atoms with Crippen LogP contribution >= 0.6 is 0 Å². The zero-order valence-electron chi connectivity index (χ0n) is 21.8. The van der Waals surface area contributed by atoms with Crippen LogP contribution < -0.4 is 5.32 Å². The number of amides is 1. The topological polar surface area (TPSA) is 153 Å². The maximum absolute atomic E-state index is 12.3. The van der Waals surface area contributed by atoms with Crippen LogP contribution in [-0.4, -0.2) is 65.7 Å². The number of rotatable bonds is 8. The Bertz CT molecular complexity index is 914. The van der Waals surface area contributed by atoms with Gasteiger partial charge in [0, 0.05) is 13.0 Å². The summed E-state index contributed by atoms with van der Waals surface area (Å²) < 4.78 is 34.0. The lowest BCUT2D eigenvalue weighted by Gasteiger charge is -2.63. The molecule has 11 atom stereocenters. The highest BCUT2D eigenvalue weighted by atomic mass is 32.3. The highest BCUT2D eigenvalue weighted by Crippen LogP contribution is 2.68. The van der Waals surface area contributed by atoms with E-state index in [1.54, 1.807) is 0 Å². The van der Waals surface area contributed by atoms with Gasteiger partial charge in [0.1, 0.15) is 0 Å². The fourth-order valence-electron chi connectivity index (χ4n) is 9.12. The van der Waals surface area contributed by atoms with E-state index in [1.807, 2.05) is 0 Å². The quantitative estimate of drug-likeness (QED) is 0.236. The maximum atomic E-state index is 12.3. The van der Waals surface area contributed by atoms with E-state index < -0.39 is 22.6 Å². The Morgan fingerprint density at radius 2 is 1.81 bits per heavy atom. The second-order valence-corrected chi connectivity index (χ2v) is 13.7. The molecule has 0 saturated heterocycles. The third-order valence-electron chi connectivity index (χ3n) is 11.0. The number of carbonyl (C=O) groups is 1. The molecule has 0 heterocycles. The van der Waals surface area contributed by atoms with Crippen molar-refractivity contribution in [2.45, 2.75) is 96.9 Å². The first-order valence-electron chi connectivity index (χ1n) is 13.7. The zero-order chi connectivity index (χ0) is 26.5. The summed E-state index contributed by atoms with van der Waals surface area (Å²) in [5, 5.41) is 35.9. The van der Waals surface area contributed by atoms with Gasteiger partial charge in [-0.15, -0.1) is 0 Å². The number of fused-ring (bicyclic) bond motifs is 5. The molecule has 0 radical (unpaired) electrons. The van der Waals surface area contributed by atoms with Gasteiger partial charge in [0.25, 0.3) is 0 Å². The first-order chi connectivity index (χ1) is 16.8. The smallest absolute Gasteiger partial charge is 0.393 e. The van der Waals surface area contributed by atoms with E-state index in [4.69, 9.17) is 4.55 Å². The Kier molecular flexibility index (Phi) is 8.17. The summed E-state index contributed by atoms with van der Waals surface area (Å²) in [6.07, 6.45) is 5.67. The molecule has 0 aromatic rings. The molecule has 4 fully saturated rings. The molecule has 5 N–H and O–H groups in total. The monoisotopic (exact) mass is 531 g/mol. The molecule has 0 bridgehead atoms. The Balaban J connectivity index is 1.39. The van der Waals surface area contributed by atoms with Crippen molar-refractivity contribution in [2.75, 3.05) is 13.2 Å². The Labute approximate surface area is 215 Å². The van der Waals surface area contributed by atoms with E-state index in [2.05, 4.69) is 30.3 Å². The Morgan fingerprint density at radius 1 is 1.08 bits per heavy atom. The first kappa shape index (κ1) is 28.2. The standard InChI is InChI=1S/C26H45NO8S/c1-15(4-7-23(31)27-10-11-35-36(32,33)34)18-5-6-19-24-20(14-22(30)26(18,19)3)25(2)9-8-17(28)12-16(25)13-21(24)29/h15-22,24,28-30H,4-14H2,1-3H3,(H,27,31)(H,32,33,34)/t15-,16+,17-,18-,19+,20+,21?,22+,24?,25+,26-/m1/s1. The van der Waals surface area contributed by atoms with Crippen LogP contribution in [0, 0.1) is 46.3 Å². The molecule has 36 heavy (non-hydrogen) atoms. The molecule has 4 aliphatic carbocycles. The highest BCUT2D eigenvalue weighted by Gasteiger charge is 2.65. The summed E-state index contributed by atoms with van der Waals surface area (Å²) in [5.41, 5.74) is -0.259. The molecule has 4 aliphatic rings. The van der Waals surface area contributed by atoms with E-state index >= 15 is 0 Å². The predicted octanol–water partition coefficient (Wildman–Crippen LogP) is 2.30.